The Labute approximate surface area is 97.8 Å². The van der Waals surface area contributed by atoms with Crippen molar-refractivity contribution in [3.8, 4) is 23.7 Å². The zero-order chi connectivity index (χ0) is 11.5. The first-order valence-electron chi connectivity index (χ1n) is 5.42. The first-order valence-corrected chi connectivity index (χ1v) is 5.42. The van der Waals surface area contributed by atoms with Crippen LogP contribution in [0.3, 0.4) is 0 Å². The zero-order valence-electron chi connectivity index (χ0n) is 9.62. The molecule has 0 fully saturated rings. The van der Waals surface area contributed by atoms with Crippen LogP contribution in [-0.4, -0.2) is 13.7 Å². The molecule has 1 rings (SSSR count). The van der Waals surface area contributed by atoms with Crippen molar-refractivity contribution in [2.24, 2.45) is 0 Å². The Morgan fingerprint density at radius 1 is 1.00 bits per heavy atom. The van der Waals surface area contributed by atoms with E-state index in [2.05, 4.69) is 35.8 Å². The lowest BCUT2D eigenvalue weighted by molar-refractivity contribution is 0.206. The first-order chi connectivity index (χ1) is 7.93. The van der Waals surface area contributed by atoms with Crippen molar-refractivity contribution in [2.45, 2.75) is 19.3 Å². The molecule has 0 aliphatic carbocycles. The van der Waals surface area contributed by atoms with Gasteiger partial charge in [-0.2, -0.15) is 0 Å². The second-order valence-corrected chi connectivity index (χ2v) is 3.33. The lowest BCUT2D eigenvalue weighted by Gasteiger charge is -1.93. The Hall–Kier alpha value is -1.70. The molecule has 0 unspecified atom stereocenters. The van der Waals surface area contributed by atoms with E-state index >= 15 is 0 Å². The van der Waals surface area contributed by atoms with Crippen LogP contribution in [0.25, 0.3) is 0 Å². The summed E-state index contributed by atoms with van der Waals surface area (Å²) >= 11 is 0. The van der Waals surface area contributed by atoms with Crippen molar-refractivity contribution in [2.75, 3.05) is 13.7 Å². The monoisotopic (exact) mass is 212 g/mol. The molecule has 0 saturated carbocycles. The molecule has 0 amide bonds. The van der Waals surface area contributed by atoms with Crippen molar-refractivity contribution < 1.29 is 4.74 Å². The maximum absolute atomic E-state index is 4.88. The van der Waals surface area contributed by atoms with Crippen molar-refractivity contribution in [1.82, 2.24) is 0 Å². The molecule has 0 N–H and O–H groups in total. The number of hydrogen-bond donors (Lipinski definition) is 0. The topological polar surface area (TPSA) is 9.23 Å². The Morgan fingerprint density at radius 2 is 1.69 bits per heavy atom. The molecule has 0 saturated heterocycles. The molecule has 1 nitrogen and oxygen atoms in total. The van der Waals surface area contributed by atoms with Gasteiger partial charge in [-0.05, 0) is 23.8 Å². The van der Waals surface area contributed by atoms with Gasteiger partial charge in [0.25, 0.3) is 0 Å². The Balaban J connectivity index is 2.20. The highest BCUT2D eigenvalue weighted by molar-refractivity contribution is 5.26. The van der Waals surface area contributed by atoms with E-state index in [1.807, 2.05) is 18.2 Å². The molecule has 1 heteroatoms. The molecule has 0 aliphatic heterocycles. The molecule has 0 spiro atoms. The summed E-state index contributed by atoms with van der Waals surface area (Å²) in [6.07, 6.45) is 2.61. The summed E-state index contributed by atoms with van der Waals surface area (Å²) in [6.45, 7) is 0.679. The van der Waals surface area contributed by atoms with E-state index in [4.69, 9.17) is 4.74 Å². The second kappa shape index (κ2) is 8.60. The Kier molecular flexibility index (Phi) is 6.65. The highest BCUT2D eigenvalue weighted by atomic mass is 16.5. The van der Waals surface area contributed by atoms with E-state index in [1.165, 1.54) is 5.56 Å². The van der Waals surface area contributed by atoms with E-state index in [-0.39, 0.29) is 0 Å². The highest BCUT2D eigenvalue weighted by Crippen LogP contribution is 2.00. The van der Waals surface area contributed by atoms with Crippen LogP contribution in [0.5, 0.6) is 0 Å². The zero-order valence-corrected chi connectivity index (χ0v) is 9.62. The lowest BCUT2D eigenvalue weighted by atomic mass is 10.1. The minimum absolute atomic E-state index is 0.679. The molecular weight excluding hydrogens is 196 g/mol. The van der Waals surface area contributed by atoms with Gasteiger partial charge in [0.05, 0.1) is 6.61 Å². The number of methoxy groups -OCH3 is 1. The van der Waals surface area contributed by atoms with Crippen molar-refractivity contribution in [1.29, 1.82) is 0 Å². The molecular formula is C15H16O. The minimum atomic E-state index is 0.679. The minimum Gasteiger partial charge on any atom is -0.384 e. The summed E-state index contributed by atoms with van der Waals surface area (Å²) in [4.78, 5) is 0. The van der Waals surface area contributed by atoms with Gasteiger partial charge in [0, 0.05) is 20.0 Å². The van der Waals surface area contributed by atoms with Gasteiger partial charge < -0.3 is 4.74 Å². The summed E-state index contributed by atoms with van der Waals surface area (Å²) in [5.74, 6) is 11.6. The standard InChI is InChI=1S/C15H16O/c1-16-14-10-5-3-2-4-7-11-15-12-8-6-9-13-15/h6,8-9,12-13H,7,10-11,14H2,1H3. The van der Waals surface area contributed by atoms with Crippen LogP contribution in [-0.2, 0) is 11.2 Å². The van der Waals surface area contributed by atoms with Crippen LogP contribution in [0.2, 0.25) is 0 Å². The number of rotatable bonds is 4. The Morgan fingerprint density at radius 3 is 2.38 bits per heavy atom. The molecule has 0 aromatic heterocycles. The van der Waals surface area contributed by atoms with Crippen molar-refractivity contribution in [3.05, 3.63) is 35.9 Å². The maximum Gasteiger partial charge on any atom is 0.0572 e. The number of aryl methyl sites for hydroxylation is 1. The molecule has 82 valence electrons. The predicted octanol–water partition coefficient (Wildman–Crippen LogP) is 2.66. The summed E-state index contributed by atoms with van der Waals surface area (Å²) in [5.41, 5.74) is 1.32. The molecule has 0 aliphatic rings. The van der Waals surface area contributed by atoms with Gasteiger partial charge in [-0.1, -0.05) is 42.2 Å². The smallest absolute Gasteiger partial charge is 0.0572 e. The van der Waals surface area contributed by atoms with E-state index in [1.54, 1.807) is 7.11 Å². The van der Waals surface area contributed by atoms with Gasteiger partial charge >= 0.3 is 0 Å². The SMILES string of the molecule is COCCC#CC#CCCc1ccccc1. The van der Waals surface area contributed by atoms with Gasteiger partial charge in [0.2, 0.25) is 0 Å². The summed E-state index contributed by atoms with van der Waals surface area (Å²) < 4.78 is 4.88. The Bertz CT molecular complexity index is 398. The third-order valence-electron chi connectivity index (χ3n) is 2.05. The van der Waals surface area contributed by atoms with Crippen LogP contribution in [0.4, 0.5) is 0 Å². The van der Waals surface area contributed by atoms with Crippen LogP contribution in [0, 0.1) is 23.7 Å². The van der Waals surface area contributed by atoms with Gasteiger partial charge in [-0.25, -0.2) is 0 Å². The normalized spacial score (nSPS) is 8.56. The lowest BCUT2D eigenvalue weighted by Crippen LogP contribution is -1.83. The van der Waals surface area contributed by atoms with E-state index in [0.717, 1.165) is 19.3 Å². The van der Waals surface area contributed by atoms with Crippen LogP contribution in [0.1, 0.15) is 18.4 Å². The fourth-order valence-electron chi connectivity index (χ4n) is 1.22. The van der Waals surface area contributed by atoms with Gasteiger partial charge in [0.1, 0.15) is 0 Å². The largest absolute Gasteiger partial charge is 0.384 e. The molecule has 0 heterocycles. The van der Waals surface area contributed by atoms with E-state index < -0.39 is 0 Å². The van der Waals surface area contributed by atoms with E-state index in [0.29, 0.717) is 6.61 Å². The number of hydrogen-bond acceptors (Lipinski definition) is 1. The number of benzene rings is 1. The quantitative estimate of drug-likeness (QED) is 0.550. The van der Waals surface area contributed by atoms with Gasteiger partial charge in [-0.15, -0.1) is 0 Å². The molecule has 1 aromatic carbocycles. The average Bonchev–Trinajstić information content (AvgIpc) is 2.34. The molecule has 0 bridgehead atoms. The maximum atomic E-state index is 4.88. The number of ether oxygens (including phenoxy) is 1. The predicted molar refractivity (Wildman–Crippen MR) is 66.8 cm³/mol. The fourth-order valence-corrected chi connectivity index (χ4v) is 1.22. The third kappa shape index (κ3) is 5.91. The third-order valence-corrected chi connectivity index (χ3v) is 2.05. The van der Waals surface area contributed by atoms with E-state index in [9.17, 15) is 0 Å². The van der Waals surface area contributed by atoms with Crippen molar-refractivity contribution >= 4 is 0 Å². The van der Waals surface area contributed by atoms with Crippen LogP contribution >= 0.6 is 0 Å². The summed E-state index contributed by atoms with van der Waals surface area (Å²) in [7, 11) is 1.67. The summed E-state index contributed by atoms with van der Waals surface area (Å²) in [5, 5.41) is 0. The van der Waals surface area contributed by atoms with Gasteiger partial charge in [0.15, 0.2) is 0 Å². The molecule has 1 aromatic rings. The molecule has 0 atom stereocenters. The summed E-state index contributed by atoms with van der Waals surface area (Å²) in [6, 6.07) is 10.4. The van der Waals surface area contributed by atoms with Crippen LogP contribution in [0.15, 0.2) is 30.3 Å². The molecule has 0 radical (unpaired) electrons. The van der Waals surface area contributed by atoms with Gasteiger partial charge in [-0.3, -0.25) is 0 Å². The van der Waals surface area contributed by atoms with Crippen LogP contribution < -0.4 is 0 Å². The second-order valence-electron chi connectivity index (χ2n) is 3.33. The molecule has 16 heavy (non-hydrogen) atoms. The first kappa shape index (κ1) is 12.4. The van der Waals surface area contributed by atoms with Crippen molar-refractivity contribution in [3.63, 3.8) is 0 Å². The highest BCUT2D eigenvalue weighted by Gasteiger charge is 1.86. The average molecular weight is 212 g/mol. The fraction of sp³-hybridized carbons (Fsp3) is 0.333.